The Morgan fingerprint density at radius 2 is 1.88 bits per heavy atom. The largest absolute Gasteiger partial charge is 0.490 e. The van der Waals surface area contributed by atoms with Gasteiger partial charge in [-0.25, -0.2) is 9.79 Å². The molecular weight excluding hydrogens is 606 g/mol. The number of alkyl halides is 3. The summed E-state index contributed by atoms with van der Waals surface area (Å²) < 4.78 is 59.7. The summed E-state index contributed by atoms with van der Waals surface area (Å²) in [5.74, 6) is -0.915. The van der Waals surface area contributed by atoms with Crippen molar-refractivity contribution < 1.29 is 32.2 Å². The highest BCUT2D eigenvalue weighted by Crippen LogP contribution is 2.39. The molecule has 0 spiro atoms. The highest BCUT2D eigenvalue weighted by molar-refractivity contribution is 7.07. The number of nitriles is 1. The van der Waals surface area contributed by atoms with Crippen LogP contribution in [0, 0.1) is 11.3 Å². The lowest BCUT2D eigenvalue weighted by Gasteiger charge is -2.26. The van der Waals surface area contributed by atoms with E-state index in [1.54, 1.807) is 6.92 Å². The van der Waals surface area contributed by atoms with Gasteiger partial charge in [-0.15, -0.1) is 0 Å². The monoisotopic (exact) mass is 625 g/mol. The van der Waals surface area contributed by atoms with Gasteiger partial charge in [0, 0.05) is 5.02 Å². The summed E-state index contributed by atoms with van der Waals surface area (Å²) in [7, 11) is 0. The van der Waals surface area contributed by atoms with Crippen LogP contribution >= 0.6 is 34.5 Å². The number of thiazole rings is 1. The van der Waals surface area contributed by atoms with Gasteiger partial charge in [-0.1, -0.05) is 46.7 Å². The minimum Gasteiger partial charge on any atom is -0.490 e. The number of hydrogen-bond acceptors (Lipinski definition) is 8. The number of aromatic nitrogens is 1. The molecule has 0 N–H and O–H groups in total. The first-order valence-electron chi connectivity index (χ1n) is 12.0. The zero-order valence-corrected chi connectivity index (χ0v) is 23.7. The van der Waals surface area contributed by atoms with Gasteiger partial charge in [-0.05, 0) is 55.3 Å². The number of carbonyl (C=O) groups excluding carboxylic acids is 1. The third-order valence-corrected chi connectivity index (χ3v) is 7.21. The van der Waals surface area contributed by atoms with Gasteiger partial charge in [0.25, 0.3) is 5.56 Å². The molecular formula is C27H20Cl2F3N3O5S. The van der Waals surface area contributed by atoms with E-state index in [1.807, 2.05) is 6.07 Å². The fraction of sp³-hybridized carbons (Fsp3) is 0.259. The predicted molar refractivity (Wildman–Crippen MR) is 146 cm³/mol. The molecule has 2 aromatic carbocycles. The van der Waals surface area contributed by atoms with Crippen LogP contribution in [0.5, 0.6) is 11.5 Å². The highest BCUT2D eigenvalue weighted by atomic mass is 35.5. The quantitative estimate of drug-likeness (QED) is 0.328. The Morgan fingerprint density at radius 3 is 2.49 bits per heavy atom. The molecule has 0 aliphatic carbocycles. The summed E-state index contributed by atoms with van der Waals surface area (Å²) in [5.41, 5.74) is -2.40. The molecule has 0 saturated heterocycles. The molecule has 0 unspecified atom stereocenters. The van der Waals surface area contributed by atoms with Gasteiger partial charge in [0.05, 0.1) is 34.4 Å². The Labute approximate surface area is 245 Å². The number of esters is 1. The molecule has 1 atom stereocenters. The van der Waals surface area contributed by atoms with Crippen molar-refractivity contribution in [3.63, 3.8) is 0 Å². The molecule has 0 radical (unpaired) electrons. The van der Waals surface area contributed by atoms with E-state index >= 15 is 0 Å². The second-order valence-corrected chi connectivity index (χ2v) is 10.2. The highest BCUT2D eigenvalue weighted by Gasteiger charge is 2.45. The molecule has 0 fully saturated rings. The molecule has 4 rings (SSSR count). The third-order valence-electron chi connectivity index (χ3n) is 5.69. The topological polar surface area (TPSA) is 103 Å². The van der Waals surface area contributed by atoms with Gasteiger partial charge in [0.2, 0.25) is 0 Å². The average molecular weight is 626 g/mol. The lowest BCUT2D eigenvalue weighted by molar-refractivity contribution is -0.140. The van der Waals surface area contributed by atoms with Crippen LogP contribution in [0.1, 0.15) is 31.0 Å². The van der Waals surface area contributed by atoms with Gasteiger partial charge in [-0.2, -0.15) is 18.4 Å². The van der Waals surface area contributed by atoms with Crippen LogP contribution in [-0.2, 0) is 9.53 Å². The molecule has 0 bridgehead atoms. The van der Waals surface area contributed by atoms with Gasteiger partial charge in [-0.3, -0.25) is 9.36 Å². The van der Waals surface area contributed by atoms with Crippen molar-refractivity contribution in [2.75, 3.05) is 19.8 Å². The van der Waals surface area contributed by atoms with Crippen LogP contribution in [0.25, 0.3) is 6.08 Å². The molecule has 3 aromatic rings. The van der Waals surface area contributed by atoms with E-state index in [-0.39, 0.29) is 51.2 Å². The Balaban J connectivity index is 1.99. The number of halogens is 5. The first kappa shape index (κ1) is 30.2. The molecule has 14 heteroatoms. The predicted octanol–water partition coefficient (Wildman–Crippen LogP) is 4.95. The van der Waals surface area contributed by atoms with E-state index in [9.17, 15) is 22.8 Å². The molecule has 1 aliphatic rings. The Hall–Kier alpha value is -3.79. The second-order valence-electron chi connectivity index (χ2n) is 8.32. The van der Waals surface area contributed by atoms with Crippen LogP contribution in [0.2, 0.25) is 10.0 Å². The van der Waals surface area contributed by atoms with E-state index in [0.717, 1.165) is 4.57 Å². The molecule has 0 saturated carbocycles. The molecule has 1 aromatic heterocycles. The van der Waals surface area contributed by atoms with E-state index in [0.29, 0.717) is 21.9 Å². The first-order valence-corrected chi connectivity index (χ1v) is 13.6. The molecule has 41 heavy (non-hydrogen) atoms. The maximum Gasteiger partial charge on any atom is 0.434 e. The lowest BCUT2D eigenvalue weighted by atomic mass is 9.95. The molecule has 0 amide bonds. The summed E-state index contributed by atoms with van der Waals surface area (Å²) in [6.07, 6.45) is -3.62. The number of carbonyl (C=O) groups is 1. The molecule has 1 aliphatic heterocycles. The summed E-state index contributed by atoms with van der Waals surface area (Å²) >= 11 is 13.1. The summed E-state index contributed by atoms with van der Waals surface area (Å²) in [6, 6.07) is 9.05. The lowest BCUT2D eigenvalue weighted by Crippen LogP contribution is -2.41. The van der Waals surface area contributed by atoms with E-state index in [4.69, 9.17) is 42.7 Å². The van der Waals surface area contributed by atoms with Crippen LogP contribution in [-0.4, -0.2) is 36.5 Å². The van der Waals surface area contributed by atoms with E-state index in [2.05, 4.69) is 4.99 Å². The number of ether oxygens (including phenoxy) is 3. The fourth-order valence-corrected chi connectivity index (χ4v) is 5.53. The Morgan fingerprint density at radius 1 is 1.17 bits per heavy atom. The fourth-order valence-electron chi connectivity index (χ4n) is 4.13. The molecule has 214 valence electrons. The SMILES string of the molecule is CCOC(=O)C1=C(C(F)(F)F)N=c2s/c(=C\c3cc(Cl)c(OCC#N)c(OCC)c3)c(=O)n2[C@H]1c1ccc(Cl)cc1. The van der Waals surface area contributed by atoms with Gasteiger partial charge < -0.3 is 14.2 Å². The maximum atomic E-state index is 14.2. The number of fused-ring (bicyclic) bond motifs is 1. The van der Waals surface area contributed by atoms with Crippen LogP contribution < -0.4 is 24.4 Å². The summed E-state index contributed by atoms with van der Waals surface area (Å²) in [6.45, 7) is 2.94. The minimum atomic E-state index is -5.03. The molecule has 8 nitrogen and oxygen atoms in total. The van der Waals surface area contributed by atoms with Crippen molar-refractivity contribution in [3.05, 3.63) is 88.5 Å². The summed E-state index contributed by atoms with van der Waals surface area (Å²) in [5, 5.41) is 9.25. The molecule has 2 heterocycles. The van der Waals surface area contributed by atoms with Crippen molar-refractivity contribution in [1.82, 2.24) is 4.57 Å². The average Bonchev–Trinajstić information content (AvgIpc) is 3.22. The number of nitrogens with zero attached hydrogens (tertiary/aromatic N) is 3. The van der Waals surface area contributed by atoms with Gasteiger partial charge in [0.15, 0.2) is 28.6 Å². The Bertz CT molecular complexity index is 1740. The van der Waals surface area contributed by atoms with Crippen LogP contribution in [0.15, 0.2) is 57.5 Å². The van der Waals surface area contributed by atoms with Crippen molar-refractivity contribution >= 4 is 46.6 Å². The van der Waals surface area contributed by atoms with Crippen LogP contribution in [0.4, 0.5) is 13.2 Å². The number of rotatable bonds is 8. The van der Waals surface area contributed by atoms with Gasteiger partial charge >= 0.3 is 12.1 Å². The third kappa shape index (κ3) is 6.27. The first-order chi connectivity index (χ1) is 19.5. The summed E-state index contributed by atoms with van der Waals surface area (Å²) in [4.78, 5) is 30.1. The standard InChI is InChI=1S/C27H20Cl2F3N3O5S/c1-3-38-18-12-14(11-17(29)22(18)40-10-9-33)13-19-24(36)35-21(15-5-7-16(28)8-6-15)20(25(37)39-4-2)23(27(30,31)32)34-26(35)41-19/h5-8,11-13,21H,3-4,10H2,1-2H3/b19-13-/t21-/m0/s1. The van der Waals surface area contributed by atoms with Crippen molar-refractivity contribution in [1.29, 1.82) is 5.26 Å². The zero-order chi connectivity index (χ0) is 29.9. The van der Waals surface area contributed by atoms with Crippen molar-refractivity contribution in [2.24, 2.45) is 4.99 Å². The Kier molecular flexibility index (Phi) is 9.11. The number of benzene rings is 2. The van der Waals surface area contributed by atoms with Gasteiger partial charge in [0.1, 0.15) is 6.07 Å². The van der Waals surface area contributed by atoms with E-state index in [1.165, 1.54) is 49.4 Å². The maximum absolute atomic E-state index is 14.2. The minimum absolute atomic E-state index is 0.0126. The normalized spacial score (nSPS) is 15.2. The number of hydrogen-bond donors (Lipinski definition) is 0. The zero-order valence-electron chi connectivity index (χ0n) is 21.4. The van der Waals surface area contributed by atoms with Crippen LogP contribution in [0.3, 0.4) is 0 Å². The van der Waals surface area contributed by atoms with Crippen molar-refractivity contribution in [3.8, 4) is 17.6 Å². The number of allylic oxidation sites excluding steroid dienone is 1. The second kappa shape index (κ2) is 12.4. The smallest absolute Gasteiger partial charge is 0.434 e. The van der Waals surface area contributed by atoms with E-state index < -0.39 is 35.0 Å². The van der Waals surface area contributed by atoms with Crippen molar-refractivity contribution in [2.45, 2.75) is 26.1 Å².